The number of alkyl halides is 3. The van der Waals surface area contributed by atoms with Crippen molar-refractivity contribution in [1.82, 2.24) is 10.2 Å². The molecule has 1 N–H and O–H groups in total. The third kappa shape index (κ3) is 4.48. The average molecular weight is 389 g/mol. The van der Waals surface area contributed by atoms with Gasteiger partial charge in [0.25, 0.3) is 0 Å². The first-order valence-electron chi connectivity index (χ1n) is 7.13. The second-order valence-corrected chi connectivity index (χ2v) is 5.85. The van der Waals surface area contributed by atoms with Crippen LogP contribution in [0.25, 0.3) is 0 Å². The van der Waals surface area contributed by atoms with Crippen LogP contribution < -0.4 is 5.32 Å². The van der Waals surface area contributed by atoms with Crippen LogP contribution in [0.1, 0.15) is 17.2 Å². The molecule has 2 aromatic rings. The quantitative estimate of drug-likeness (QED) is 0.600. The molecule has 11 heteroatoms. The van der Waals surface area contributed by atoms with Gasteiger partial charge in [0.05, 0.1) is 25.8 Å². The highest BCUT2D eigenvalue weighted by molar-refractivity contribution is 7.13. The van der Waals surface area contributed by atoms with E-state index < -0.39 is 35.6 Å². The summed E-state index contributed by atoms with van der Waals surface area (Å²) in [7, 11) is 2.12. The van der Waals surface area contributed by atoms with Gasteiger partial charge >= 0.3 is 18.1 Å². The number of aromatic nitrogens is 2. The summed E-state index contributed by atoms with van der Waals surface area (Å²) in [5, 5.41) is 10.3. The zero-order valence-corrected chi connectivity index (χ0v) is 14.4. The standard InChI is InChI=1S/C15H14F3N3O4S/c1-24-12(22)10(13(23)25-2)11(20-14-21-19-7-26-14)8-4-3-5-9(6-8)15(16,17)18/h3-7,10-11H,1-2H3,(H,20,21). The van der Waals surface area contributed by atoms with E-state index in [1.54, 1.807) is 0 Å². The van der Waals surface area contributed by atoms with Gasteiger partial charge in [0, 0.05) is 0 Å². The first-order chi connectivity index (χ1) is 12.3. The van der Waals surface area contributed by atoms with Crippen molar-refractivity contribution in [3.8, 4) is 0 Å². The van der Waals surface area contributed by atoms with Gasteiger partial charge in [0.2, 0.25) is 5.13 Å². The fourth-order valence-corrected chi connectivity index (χ4v) is 2.74. The number of methoxy groups -OCH3 is 2. The number of esters is 2. The Kier molecular flexibility index (Phi) is 6.14. The van der Waals surface area contributed by atoms with Gasteiger partial charge in [-0.25, -0.2) is 0 Å². The van der Waals surface area contributed by atoms with Crippen molar-refractivity contribution in [3.63, 3.8) is 0 Å². The molecule has 7 nitrogen and oxygen atoms in total. The Morgan fingerprint density at radius 2 is 1.85 bits per heavy atom. The predicted molar refractivity (Wildman–Crippen MR) is 85.2 cm³/mol. The number of hydrogen-bond donors (Lipinski definition) is 1. The Morgan fingerprint density at radius 1 is 1.19 bits per heavy atom. The summed E-state index contributed by atoms with van der Waals surface area (Å²) in [5.74, 6) is -3.47. The summed E-state index contributed by atoms with van der Waals surface area (Å²) in [6, 6.07) is 3.06. The zero-order chi connectivity index (χ0) is 19.3. The van der Waals surface area contributed by atoms with E-state index in [9.17, 15) is 22.8 Å². The lowest BCUT2D eigenvalue weighted by Crippen LogP contribution is -2.36. The van der Waals surface area contributed by atoms with Crippen LogP contribution in [0.15, 0.2) is 29.8 Å². The number of nitrogens with one attached hydrogen (secondary N) is 1. The molecule has 0 spiro atoms. The monoisotopic (exact) mass is 389 g/mol. The fraction of sp³-hybridized carbons (Fsp3) is 0.333. The van der Waals surface area contributed by atoms with Crippen molar-refractivity contribution in [1.29, 1.82) is 0 Å². The third-order valence-electron chi connectivity index (χ3n) is 3.46. The average Bonchev–Trinajstić information content (AvgIpc) is 3.13. The molecule has 1 unspecified atom stereocenters. The Bertz CT molecular complexity index is 752. The van der Waals surface area contributed by atoms with Crippen LogP contribution in [0.2, 0.25) is 0 Å². The van der Waals surface area contributed by atoms with Crippen LogP contribution >= 0.6 is 11.3 Å². The molecule has 0 saturated carbocycles. The van der Waals surface area contributed by atoms with Crippen molar-refractivity contribution in [2.45, 2.75) is 12.2 Å². The minimum atomic E-state index is -4.59. The molecule has 0 radical (unpaired) electrons. The van der Waals surface area contributed by atoms with Gasteiger partial charge in [-0.05, 0) is 17.7 Å². The molecule has 1 aromatic carbocycles. The lowest BCUT2D eigenvalue weighted by Gasteiger charge is -2.25. The van der Waals surface area contributed by atoms with E-state index in [2.05, 4.69) is 25.0 Å². The van der Waals surface area contributed by atoms with Crippen molar-refractivity contribution in [2.24, 2.45) is 5.92 Å². The molecule has 0 aliphatic carbocycles. The maximum Gasteiger partial charge on any atom is 0.416 e. The first kappa shape index (κ1) is 19.6. The minimum absolute atomic E-state index is 0.0378. The second kappa shape index (κ2) is 8.13. The molecule has 0 bridgehead atoms. The Hall–Kier alpha value is -2.69. The smallest absolute Gasteiger partial charge is 0.416 e. The van der Waals surface area contributed by atoms with Crippen molar-refractivity contribution >= 4 is 28.4 Å². The van der Waals surface area contributed by atoms with Gasteiger partial charge in [-0.3, -0.25) is 9.59 Å². The van der Waals surface area contributed by atoms with Gasteiger partial charge in [0.1, 0.15) is 5.51 Å². The fourth-order valence-electron chi connectivity index (χ4n) is 2.26. The number of hydrogen-bond acceptors (Lipinski definition) is 8. The third-order valence-corrected chi connectivity index (χ3v) is 4.08. The van der Waals surface area contributed by atoms with Crippen LogP contribution in [-0.4, -0.2) is 36.4 Å². The normalized spacial score (nSPS) is 12.5. The summed E-state index contributed by atoms with van der Waals surface area (Å²) in [6.45, 7) is 0. The Morgan fingerprint density at radius 3 is 2.35 bits per heavy atom. The van der Waals surface area contributed by atoms with Crippen LogP contribution in [0.4, 0.5) is 18.3 Å². The van der Waals surface area contributed by atoms with Gasteiger partial charge in [-0.1, -0.05) is 23.5 Å². The van der Waals surface area contributed by atoms with Crippen LogP contribution in [-0.2, 0) is 25.2 Å². The SMILES string of the molecule is COC(=O)C(C(=O)OC)C(Nc1nncs1)c1cccc(C(F)(F)F)c1. The molecule has 26 heavy (non-hydrogen) atoms. The summed E-state index contributed by atoms with van der Waals surface area (Å²) in [4.78, 5) is 24.2. The lowest BCUT2D eigenvalue weighted by atomic mass is 9.91. The minimum Gasteiger partial charge on any atom is -0.468 e. The molecular weight excluding hydrogens is 375 g/mol. The summed E-state index contributed by atoms with van der Waals surface area (Å²) in [6.07, 6.45) is -4.59. The van der Waals surface area contributed by atoms with Gasteiger partial charge < -0.3 is 14.8 Å². The molecule has 0 fully saturated rings. The van der Waals surface area contributed by atoms with Crippen molar-refractivity contribution in [3.05, 3.63) is 40.9 Å². The molecule has 1 aromatic heterocycles. The Labute approximate surface area is 150 Å². The number of benzene rings is 1. The number of nitrogens with zero attached hydrogens (tertiary/aromatic N) is 2. The summed E-state index contributed by atoms with van der Waals surface area (Å²) in [5.41, 5.74) is 0.500. The molecule has 0 aliphatic heterocycles. The zero-order valence-electron chi connectivity index (χ0n) is 13.6. The topological polar surface area (TPSA) is 90.4 Å². The molecule has 0 aliphatic rings. The van der Waals surface area contributed by atoms with E-state index in [0.29, 0.717) is 0 Å². The van der Waals surface area contributed by atoms with Gasteiger partial charge in [0.15, 0.2) is 5.92 Å². The molecule has 140 valence electrons. The van der Waals surface area contributed by atoms with E-state index >= 15 is 0 Å². The molecule has 2 rings (SSSR count). The van der Waals surface area contributed by atoms with Gasteiger partial charge in [-0.15, -0.1) is 10.2 Å². The van der Waals surface area contributed by atoms with E-state index in [0.717, 1.165) is 37.7 Å². The molecule has 0 saturated heterocycles. The largest absolute Gasteiger partial charge is 0.468 e. The highest BCUT2D eigenvalue weighted by Crippen LogP contribution is 2.34. The lowest BCUT2D eigenvalue weighted by molar-refractivity contribution is -0.159. The maximum atomic E-state index is 13.0. The summed E-state index contributed by atoms with van der Waals surface area (Å²) >= 11 is 1.05. The highest BCUT2D eigenvalue weighted by Gasteiger charge is 2.40. The van der Waals surface area contributed by atoms with Crippen LogP contribution in [0, 0.1) is 5.92 Å². The number of carbonyl (C=O) groups is 2. The van der Waals surface area contributed by atoms with Crippen LogP contribution in [0.3, 0.4) is 0 Å². The van der Waals surface area contributed by atoms with Gasteiger partial charge in [-0.2, -0.15) is 13.2 Å². The van der Waals surface area contributed by atoms with Crippen molar-refractivity contribution in [2.75, 3.05) is 19.5 Å². The molecule has 1 atom stereocenters. The Balaban J connectivity index is 2.52. The summed E-state index contributed by atoms with van der Waals surface area (Å²) < 4.78 is 48.3. The molecule has 0 amide bonds. The highest BCUT2D eigenvalue weighted by atomic mass is 32.1. The van der Waals surface area contributed by atoms with E-state index in [-0.39, 0.29) is 10.7 Å². The molecule has 1 heterocycles. The van der Waals surface area contributed by atoms with Crippen molar-refractivity contribution < 1.29 is 32.2 Å². The number of halogens is 3. The first-order valence-corrected chi connectivity index (χ1v) is 8.01. The number of carbonyl (C=O) groups excluding carboxylic acids is 2. The van der Waals surface area contributed by atoms with E-state index in [4.69, 9.17) is 0 Å². The van der Waals surface area contributed by atoms with E-state index in [1.807, 2.05) is 0 Å². The number of anilines is 1. The van der Waals surface area contributed by atoms with Crippen LogP contribution in [0.5, 0.6) is 0 Å². The van der Waals surface area contributed by atoms with E-state index in [1.165, 1.54) is 17.6 Å². The molecular formula is C15H14F3N3O4S. The number of ether oxygens (including phenoxy) is 2. The number of rotatable bonds is 6. The predicted octanol–water partition coefficient (Wildman–Crippen LogP) is 2.67. The maximum absolute atomic E-state index is 13.0. The second-order valence-electron chi connectivity index (χ2n) is 5.01.